The minimum absolute atomic E-state index is 0.723. The summed E-state index contributed by atoms with van der Waals surface area (Å²) in [4.78, 5) is 49.2. The van der Waals surface area contributed by atoms with Gasteiger partial charge in [0.1, 0.15) is 51.8 Å². The summed E-state index contributed by atoms with van der Waals surface area (Å²) in [5.41, 5.74) is -1.74. The topological polar surface area (TPSA) is 293 Å². The molecule has 0 saturated carbocycles. The van der Waals surface area contributed by atoms with Crippen LogP contribution < -0.4 is 21.0 Å². The minimum atomic E-state index is -5.42. The third kappa shape index (κ3) is 6.51. The van der Waals surface area contributed by atoms with Crippen LogP contribution in [0.4, 0.5) is 0 Å². The molecular weight excluding hydrogens is 526 g/mol. The second-order valence-electron chi connectivity index (χ2n) is 7.69. The first kappa shape index (κ1) is 28.2. The second kappa shape index (κ2) is 10.6. The van der Waals surface area contributed by atoms with Gasteiger partial charge < -0.3 is 68.1 Å². The predicted molar refractivity (Wildman–Crippen MR) is 103 cm³/mol. The van der Waals surface area contributed by atoms with Crippen molar-refractivity contribution in [3.05, 3.63) is 33.1 Å². The molecule has 0 spiro atoms. The third-order valence-corrected chi connectivity index (χ3v) is 8.90. The van der Waals surface area contributed by atoms with Crippen LogP contribution in [0, 0.1) is 0 Å². The lowest BCUT2D eigenvalue weighted by molar-refractivity contribution is -0.331. The van der Waals surface area contributed by atoms with Gasteiger partial charge in [0.2, 0.25) is 0 Å². The number of aliphatic hydroxyl groups excluding tert-OH is 6. The number of ether oxygens (including phenoxy) is 2. The zero-order chi connectivity index (χ0) is 26.3. The molecule has 1 aromatic heterocycles. The van der Waals surface area contributed by atoms with E-state index in [-0.39, 0.29) is 0 Å². The number of nitrogens with zero attached hydrogens (tertiary/aromatic N) is 1. The van der Waals surface area contributed by atoms with Gasteiger partial charge in [0.05, 0.1) is 12.5 Å². The maximum Gasteiger partial charge on any atom is 0.330 e. The first-order chi connectivity index (χ1) is 16.1. The molecule has 0 aliphatic carbocycles. The molecule has 1 aromatic rings. The Labute approximate surface area is 194 Å². The Morgan fingerprint density at radius 1 is 0.943 bits per heavy atom. The van der Waals surface area contributed by atoms with Gasteiger partial charge in [-0.1, -0.05) is 0 Å². The maximum absolute atomic E-state index is 12.2. The third-order valence-electron chi connectivity index (χ3n) is 5.05. The van der Waals surface area contributed by atoms with Crippen molar-refractivity contribution in [2.75, 3.05) is 12.5 Å². The van der Waals surface area contributed by atoms with Crippen LogP contribution >= 0.6 is 15.2 Å². The molecule has 200 valence electrons. The van der Waals surface area contributed by atoms with Crippen LogP contribution in [0.1, 0.15) is 6.23 Å². The van der Waals surface area contributed by atoms with E-state index in [0.717, 1.165) is 16.8 Å². The standard InChI is InChI=1S/C15H24N2O16P2/c18-6-1-2-17(15(25)16-6)12-9(21)7(19)5(31-12)3-30-34(26,27)4-35(28,29)33-14-11(23)8(20)10(22)13(24)32-14/h1-2,5,7-14,19-24H,3-4H2,(H,26,27)(H,28,29)(H,16,18,25)/p-2. The van der Waals surface area contributed by atoms with Crippen molar-refractivity contribution < 1.29 is 68.1 Å². The van der Waals surface area contributed by atoms with Gasteiger partial charge in [0.25, 0.3) is 5.56 Å². The lowest BCUT2D eigenvalue weighted by Crippen LogP contribution is -2.58. The molecule has 3 heterocycles. The summed E-state index contributed by atoms with van der Waals surface area (Å²) in [7, 11) is -10.7. The molecule has 18 nitrogen and oxygen atoms in total. The fourth-order valence-corrected chi connectivity index (χ4v) is 6.43. The number of aromatic amines is 1. The minimum Gasteiger partial charge on any atom is -0.778 e. The summed E-state index contributed by atoms with van der Waals surface area (Å²) in [6.07, 6.45) is -16.3. The summed E-state index contributed by atoms with van der Waals surface area (Å²) < 4.78 is 43.7. The number of rotatable bonds is 8. The molecule has 35 heavy (non-hydrogen) atoms. The largest absolute Gasteiger partial charge is 0.778 e. The molecule has 11 unspecified atom stereocenters. The fraction of sp³-hybridized carbons (Fsp3) is 0.733. The van der Waals surface area contributed by atoms with E-state index in [1.807, 2.05) is 4.98 Å². The van der Waals surface area contributed by atoms with E-state index in [1.54, 1.807) is 0 Å². The molecule has 11 atom stereocenters. The Balaban J connectivity index is 1.61. The zero-order valence-corrected chi connectivity index (χ0v) is 19.2. The first-order valence-corrected chi connectivity index (χ1v) is 13.2. The molecule has 2 aliphatic heterocycles. The summed E-state index contributed by atoms with van der Waals surface area (Å²) >= 11 is 0. The number of H-pyrrole nitrogens is 1. The van der Waals surface area contributed by atoms with E-state index in [0.29, 0.717) is 0 Å². The highest BCUT2D eigenvalue weighted by Gasteiger charge is 2.46. The van der Waals surface area contributed by atoms with Crippen molar-refractivity contribution in [2.24, 2.45) is 0 Å². The van der Waals surface area contributed by atoms with Gasteiger partial charge in [-0.25, -0.2) is 4.79 Å². The average molecular weight is 548 g/mol. The summed E-state index contributed by atoms with van der Waals surface area (Å²) in [6, 6.07) is 0.928. The van der Waals surface area contributed by atoms with E-state index in [9.17, 15) is 59.1 Å². The van der Waals surface area contributed by atoms with E-state index in [1.165, 1.54) is 0 Å². The number of hydrogen-bond acceptors (Lipinski definition) is 16. The second-order valence-corrected chi connectivity index (χ2v) is 11.7. The van der Waals surface area contributed by atoms with Crippen molar-refractivity contribution in [3.8, 4) is 0 Å². The first-order valence-electron chi connectivity index (χ1n) is 9.76. The van der Waals surface area contributed by atoms with Crippen molar-refractivity contribution in [2.45, 2.75) is 55.4 Å². The Morgan fingerprint density at radius 3 is 2.23 bits per heavy atom. The molecule has 3 rings (SSSR count). The van der Waals surface area contributed by atoms with Crippen molar-refractivity contribution in [3.63, 3.8) is 0 Å². The summed E-state index contributed by atoms with van der Waals surface area (Å²) in [5.74, 6) is -1.80. The zero-order valence-electron chi connectivity index (χ0n) is 17.4. The number of aliphatic hydroxyl groups is 6. The summed E-state index contributed by atoms with van der Waals surface area (Å²) in [6.45, 7) is -1.00. The van der Waals surface area contributed by atoms with Gasteiger partial charge in [0.15, 0.2) is 18.8 Å². The van der Waals surface area contributed by atoms with Gasteiger partial charge in [0, 0.05) is 12.3 Å². The van der Waals surface area contributed by atoms with Crippen LogP contribution in [-0.2, 0) is 27.7 Å². The quantitative estimate of drug-likeness (QED) is 0.149. The van der Waals surface area contributed by atoms with Gasteiger partial charge in [-0.15, -0.1) is 0 Å². The van der Waals surface area contributed by atoms with Crippen LogP contribution in [0.3, 0.4) is 0 Å². The maximum atomic E-state index is 12.2. The van der Waals surface area contributed by atoms with E-state index < -0.39 is 94.4 Å². The van der Waals surface area contributed by atoms with Crippen LogP contribution in [-0.4, -0.2) is 102 Å². The lowest BCUT2D eigenvalue weighted by atomic mass is 10.0. The van der Waals surface area contributed by atoms with Crippen molar-refractivity contribution >= 4 is 15.2 Å². The lowest BCUT2D eigenvalue weighted by Gasteiger charge is -2.41. The highest BCUT2D eigenvalue weighted by atomic mass is 31.2. The molecule has 20 heteroatoms. The van der Waals surface area contributed by atoms with Gasteiger partial charge in [-0.2, -0.15) is 0 Å². The predicted octanol–water partition coefficient (Wildman–Crippen LogP) is -5.99. The molecule has 2 aliphatic rings. The molecule has 2 saturated heterocycles. The monoisotopic (exact) mass is 548 g/mol. The Morgan fingerprint density at radius 2 is 1.60 bits per heavy atom. The molecule has 0 radical (unpaired) electrons. The van der Waals surface area contributed by atoms with Crippen LogP contribution in [0.15, 0.2) is 21.9 Å². The van der Waals surface area contributed by atoms with E-state index >= 15 is 0 Å². The van der Waals surface area contributed by atoms with E-state index in [4.69, 9.17) is 4.74 Å². The van der Waals surface area contributed by atoms with Gasteiger partial charge >= 0.3 is 5.69 Å². The molecule has 0 amide bonds. The van der Waals surface area contributed by atoms with Crippen molar-refractivity contribution in [1.82, 2.24) is 9.55 Å². The average Bonchev–Trinajstić information content (AvgIpc) is 3.02. The molecule has 2 fully saturated rings. The van der Waals surface area contributed by atoms with Gasteiger partial charge in [-0.05, 0) is 0 Å². The van der Waals surface area contributed by atoms with Crippen LogP contribution in [0.25, 0.3) is 0 Å². The molecular formula is C15H22N2O16P2-2. The fourth-order valence-electron chi connectivity index (χ4n) is 3.27. The smallest absolute Gasteiger partial charge is 0.330 e. The van der Waals surface area contributed by atoms with Gasteiger partial charge in [-0.3, -0.25) is 14.3 Å². The Hall–Kier alpha value is -1.34. The highest BCUT2D eigenvalue weighted by molar-refractivity contribution is 7.69. The van der Waals surface area contributed by atoms with E-state index in [2.05, 4.69) is 13.8 Å². The Bertz CT molecular complexity index is 1110. The molecule has 0 aromatic carbocycles. The number of nitrogens with one attached hydrogen (secondary N) is 1. The molecule has 0 bridgehead atoms. The number of hydrogen-bond donors (Lipinski definition) is 7. The normalized spacial score (nSPS) is 39.1. The highest BCUT2D eigenvalue weighted by Crippen LogP contribution is 2.54. The number of aromatic nitrogens is 2. The molecule has 7 N–H and O–H groups in total. The summed E-state index contributed by atoms with van der Waals surface area (Å²) in [5, 5.41) is 58.2. The Kier molecular flexibility index (Phi) is 8.52. The van der Waals surface area contributed by atoms with Crippen molar-refractivity contribution in [1.29, 1.82) is 0 Å². The SMILES string of the molecule is O=c1ccn(C2OC(COP(=O)([O-])CP(=O)([O-])OC3OC(O)C(O)C(O)C3O)C(O)C2O)c(=O)[nH]1. The van der Waals surface area contributed by atoms with Crippen LogP contribution in [0.5, 0.6) is 0 Å². The van der Waals surface area contributed by atoms with Crippen LogP contribution in [0.2, 0.25) is 0 Å².